The number of fused-ring (bicyclic) bond motifs is 1. The van der Waals surface area contributed by atoms with E-state index in [1.165, 1.54) is 0 Å². The first-order valence-electron chi connectivity index (χ1n) is 5.85. The topological polar surface area (TPSA) is 40.5 Å². The van der Waals surface area contributed by atoms with Crippen LogP contribution >= 0.6 is 11.6 Å². The zero-order chi connectivity index (χ0) is 12.4. The fraction of sp³-hybridized carbons (Fsp3) is 0.462. The number of halogens is 1. The third-order valence-corrected chi connectivity index (χ3v) is 3.61. The molecule has 1 aliphatic rings. The summed E-state index contributed by atoms with van der Waals surface area (Å²) in [7, 11) is 0. The Bertz CT molecular complexity index is 433. The van der Waals surface area contributed by atoms with Crippen LogP contribution in [0.4, 0.5) is 5.69 Å². The van der Waals surface area contributed by atoms with Crippen LogP contribution in [0.3, 0.4) is 0 Å². The van der Waals surface area contributed by atoms with Gasteiger partial charge in [-0.15, -0.1) is 11.6 Å². The number of benzene rings is 1. The van der Waals surface area contributed by atoms with Crippen LogP contribution in [0.25, 0.3) is 0 Å². The van der Waals surface area contributed by atoms with E-state index in [0.717, 1.165) is 23.2 Å². The minimum Gasteiger partial charge on any atom is -0.392 e. The number of aliphatic hydroxyl groups is 1. The van der Waals surface area contributed by atoms with Gasteiger partial charge in [0.15, 0.2) is 0 Å². The Morgan fingerprint density at radius 3 is 3.00 bits per heavy atom. The second kappa shape index (κ2) is 5.07. The monoisotopic (exact) mass is 253 g/mol. The van der Waals surface area contributed by atoms with Gasteiger partial charge >= 0.3 is 0 Å². The van der Waals surface area contributed by atoms with E-state index < -0.39 is 5.38 Å². The molecule has 0 saturated carbocycles. The number of alkyl halides is 1. The van der Waals surface area contributed by atoms with Gasteiger partial charge in [0.1, 0.15) is 5.38 Å². The van der Waals surface area contributed by atoms with Crippen molar-refractivity contribution in [2.75, 3.05) is 11.4 Å². The molecule has 0 spiro atoms. The van der Waals surface area contributed by atoms with Crippen molar-refractivity contribution in [2.24, 2.45) is 0 Å². The average molecular weight is 254 g/mol. The number of aliphatic hydroxyl groups excluding tert-OH is 1. The van der Waals surface area contributed by atoms with Crippen LogP contribution in [-0.2, 0) is 17.8 Å². The molecule has 1 heterocycles. The van der Waals surface area contributed by atoms with Crippen molar-refractivity contribution in [3.8, 4) is 0 Å². The van der Waals surface area contributed by atoms with Gasteiger partial charge in [0, 0.05) is 12.2 Å². The maximum atomic E-state index is 12.0. The van der Waals surface area contributed by atoms with Crippen LogP contribution < -0.4 is 4.90 Å². The van der Waals surface area contributed by atoms with Gasteiger partial charge in [0.2, 0.25) is 5.91 Å². The maximum Gasteiger partial charge on any atom is 0.245 e. The maximum absolute atomic E-state index is 12.0. The Hall–Kier alpha value is -1.06. The number of nitrogens with zero attached hydrogens (tertiary/aromatic N) is 1. The van der Waals surface area contributed by atoms with Crippen LogP contribution in [0, 0.1) is 0 Å². The van der Waals surface area contributed by atoms with Crippen molar-refractivity contribution < 1.29 is 9.90 Å². The van der Waals surface area contributed by atoms with E-state index in [1.54, 1.807) is 4.90 Å². The molecule has 3 nitrogen and oxygen atoms in total. The lowest BCUT2D eigenvalue weighted by Crippen LogP contribution is -2.35. The predicted molar refractivity (Wildman–Crippen MR) is 68.4 cm³/mol. The second-order valence-electron chi connectivity index (χ2n) is 4.24. The molecule has 1 aromatic rings. The summed E-state index contributed by atoms with van der Waals surface area (Å²) in [5.74, 6) is -0.0235. The third-order valence-electron chi connectivity index (χ3n) is 3.11. The van der Waals surface area contributed by atoms with E-state index in [9.17, 15) is 4.79 Å². The van der Waals surface area contributed by atoms with Crippen LogP contribution in [0.5, 0.6) is 0 Å². The lowest BCUT2D eigenvalue weighted by atomic mass is 10.1. The van der Waals surface area contributed by atoms with E-state index in [1.807, 2.05) is 25.1 Å². The molecule has 4 heteroatoms. The molecule has 1 atom stereocenters. The van der Waals surface area contributed by atoms with Gasteiger partial charge in [-0.25, -0.2) is 0 Å². The fourth-order valence-electron chi connectivity index (χ4n) is 2.13. The first-order valence-corrected chi connectivity index (χ1v) is 6.29. The van der Waals surface area contributed by atoms with Crippen LogP contribution in [0.2, 0.25) is 0 Å². The first-order chi connectivity index (χ1) is 8.17. The zero-order valence-corrected chi connectivity index (χ0v) is 10.6. The molecule has 0 aliphatic carbocycles. The molecule has 0 bridgehead atoms. The molecule has 1 amide bonds. The molecule has 92 valence electrons. The highest BCUT2D eigenvalue weighted by atomic mass is 35.5. The van der Waals surface area contributed by atoms with Gasteiger partial charge in [-0.2, -0.15) is 0 Å². The molecule has 0 radical (unpaired) electrons. The third kappa shape index (κ3) is 2.31. The molecule has 0 unspecified atom stereocenters. The van der Waals surface area contributed by atoms with Crippen molar-refractivity contribution in [3.63, 3.8) is 0 Å². The van der Waals surface area contributed by atoms with E-state index in [0.29, 0.717) is 13.0 Å². The zero-order valence-electron chi connectivity index (χ0n) is 9.82. The highest BCUT2D eigenvalue weighted by molar-refractivity contribution is 6.32. The molecule has 1 aromatic carbocycles. The number of hydrogen-bond acceptors (Lipinski definition) is 2. The molecule has 1 N–H and O–H groups in total. The number of rotatable bonds is 3. The average Bonchev–Trinajstić information content (AvgIpc) is 2.79. The van der Waals surface area contributed by atoms with Crippen LogP contribution in [0.1, 0.15) is 24.5 Å². The summed E-state index contributed by atoms with van der Waals surface area (Å²) in [6, 6.07) is 5.70. The Morgan fingerprint density at radius 2 is 2.35 bits per heavy atom. The molecular weight excluding hydrogens is 238 g/mol. The lowest BCUT2D eigenvalue weighted by Gasteiger charge is -2.19. The van der Waals surface area contributed by atoms with E-state index in [2.05, 4.69) is 0 Å². The SMILES string of the molecule is CC[C@H](Cl)C(=O)N1CCc2cc(CO)ccc21. The summed E-state index contributed by atoms with van der Waals surface area (Å²) in [6.45, 7) is 2.63. The van der Waals surface area contributed by atoms with Crippen molar-refractivity contribution >= 4 is 23.2 Å². The number of carbonyl (C=O) groups excluding carboxylic acids is 1. The van der Waals surface area contributed by atoms with Gasteiger partial charge in [0.25, 0.3) is 0 Å². The first kappa shape index (κ1) is 12.4. The standard InChI is InChI=1S/C13H16ClNO2/c1-2-11(14)13(17)15-6-5-10-7-9(8-16)3-4-12(10)15/h3-4,7,11,16H,2,5-6,8H2,1H3/t11-/m0/s1. The van der Waals surface area contributed by atoms with Crippen LogP contribution in [0.15, 0.2) is 18.2 Å². The van der Waals surface area contributed by atoms with Gasteiger partial charge in [-0.1, -0.05) is 19.1 Å². The summed E-state index contributed by atoms with van der Waals surface area (Å²) in [5.41, 5.74) is 2.94. The highest BCUT2D eigenvalue weighted by Gasteiger charge is 2.28. The fourth-order valence-corrected chi connectivity index (χ4v) is 2.24. The van der Waals surface area contributed by atoms with Crippen LogP contribution in [-0.4, -0.2) is 22.9 Å². The van der Waals surface area contributed by atoms with Gasteiger partial charge in [-0.3, -0.25) is 4.79 Å². The summed E-state index contributed by atoms with van der Waals surface area (Å²) in [4.78, 5) is 13.8. The molecule has 0 fully saturated rings. The summed E-state index contributed by atoms with van der Waals surface area (Å²) in [6.07, 6.45) is 1.48. The number of amides is 1. The van der Waals surface area contributed by atoms with Crippen molar-refractivity contribution in [2.45, 2.75) is 31.7 Å². The van der Waals surface area contributed by atoms with Gasteiger partial charge in [-0.05, 0) is 30.0 Å². The van der Waals surface area contributed by atoms with Gasteiger partial charge < -0.3 is 10.0 Å². The Balaban J connectivity index is 2.25. The van der Waals surface area contributed by atoms with Crippen molar-refractivity contribution in [1.29, 1.82) is 0 Å². The molecule has 0 aromatic heterocycles. The Labute approximate surface area is 106 Å². The molecule has 0 saturated heterocycles. The predicted octanol–water partition coefficient (Wildman–Crippen LogP) is 2.09. The van der Waals surface area contributed by atoms with Crippen molar-refractivity contribution in [3.05, 3.63) is 29.3 Å². The quantitative estimate of drug-likeness (QED) is 0.838. The molecular formula is C13H16ClNO2. The van der Waals surface area contributed by atoms with E-state index in [4.69, 9.17) is 16.7 Å². The van der Waals surface area contributed by atoms with Crippen molar-refractivity contribution in [1.82, 2.24) is 0 Å². The number of hydrogen-bond donors (Lipinski definition) is 1. The largest absolute Gasteiger partial charge is 0.392 e. The minimum absolute atomic E-state index is 0.0235. The molecule has 17 heavy (non-hydrogen) atoms. The number of carbonyl (C=O) groups is 1. The summed E-state index contributed by atoms with van der Waals surface area (Å²) < 4.78 is 0. The molecule has 2 rings (SSSR count). The number of anilines is 1. The summed E-state index contributed by atoms with van der Waals surface area (Å²) in [5, 5.41) is 8.62. The summed E-state index contributed by atoms with van der Waals surface area (Å²) >= 11 is 5.99. The minimum atomic E-state index is -0.446. The lowest BCUT2D eigenvalue weighted by molar-refractivity contribution is -0.118. The van der Waals surface area contributed by atoms with E-state index >= 15 is 0 Å². The highest BCUT2D eigenvalue weighted by Crippen LogP contribution is 2.30. The Morgan fingerprint density at radius 1 is 1.59 bits per heavy atom. The second-order valence-corrected chi connectivity index (χ2v) is 4.76. The van der Waals surface area contributed by atoms with E-state index in [-0.39, 0.29) is 12.5 Å². The van der Waals surface area contributed by atoms with Gasteiger partial charge in [0.05, 0.1) is 6.61 Å². The Kier molecular flexibility index (Phi) is 3.69. The normalized spacial score (nSPS) is 15.8. The molecule has 1 aliphatic heterocycles. The smallest absolute Gasteiger partial charge is 0.245 e.